The summed E-state index contributed by atoms with van der Waals surface area (Å²) >= 11 is 0. The Bertz CT molecular complexity index is 544. The molecule has 0 aliphatic heterocycles. The van der Waals surface area contributed by atoms with Crippen LogP contribution in [0.1, 0.15) is 35.7 Å². The Kier molecular flexibility index (Phi) is 5.28. The van der Waals surface area contributed by atoms with Gasteiger partial charge in [-0.25, -0.2) is 0 Å². The molecule has 0 saturated carbocycles. The van der Waals surface area contributed by atoms with Gasteiger partial charge in [-0.05, 0) is 18.9 Å². The molecule has 0 spiro atoms. The fourth-order valence-electron chi connectivity index (χ4n) is 1.93. The minimum atomic E-state index is -4.41. The topological polar surface area (TPSA) is 72.2 Å². The Morgan fingerprint density at radius 3 is 2.52 bits per heavy atom. The van der Waals surface area contributed by atoms with Crippen molar-refractivity contribution in [3.8, 4) is 0 Å². The van der Waals surface area contributed by atoms with Crippen LogP contribution in [0.2, 0.25) is 0 Å². The van der Waals surface area contributed by atoms with Crippen molar-refractivity contribution in [3.05, 3.63) is 39.4 Å². The fourth-order valence-corrected chi connectivity index (χ4v) is 1.93. The van der Waals surface area contributed by atoms with Crippen LogP contribution in [0.3, 0.4) is 0 Å². The van der Waals surface area contributed by atoms with E-state index in [0.717, 1.165) is 6.07 Å². The summed E-state index contributed by atoms with van der Waals surface area (Å²) in [5, 5.41) is 13.1. The molecule has 0 saturated heterocycles. The second-order valence-electron chi connectivity index (χ2n) is 4.62. The Morgan fingerprint density at radius 2 is 2.05 bits per heavy atom. The third kappa shape index (κ3) is 4.73. The smallest absolute Gasteiger partial charge is 0.349 e. The molecule has 1 unspecified atom stereocenters. The standard InChI is InChI=1S/C13H15F3N2O3/c1-3-9(7-13(14,15)16)17-12(19)11-8(2)5-4-6-10(11)18(20)21/h4-6,9H,3,7H2,1-2H3,(H,17,19). The van der Waals surface area contributed by atoms with Crippen molar-refractivity contribution in [2.24, 2.45) is 0 Å². The monoisotopic (exact) mass is 304 g/mol. The van der Waals surface area contributed by atoms with Gasteiger partial charge in [-0.15, -0.1) is 0 Å². The van der Waals surface area contributed by atoms with Gasteiger partial charge < -0.3 is 5.32 Å². The van der Waals surface area contributed by atoms with Gasteiger partial charge in [0.05, 0.1) is 11.3 Å². The highest BCUT2D eigenvalue weighted by Gasteiger charge is 2.33. The molecule has 1 amide bonds. The number of hydrogen-bond donors (Lipinski definition) is 1. The van der Waals surface area contributed by atoms with Crippen LogP contribution >= 0.6 is 0 Å². The van der Waals surface area contributed by atoms with E-state index in [1.54, 1.807) is 0 Å². The minimum Gasteiger partial charge on any atom is -0.349 e. The van der Waals surface area contributed by atoms with E-state index in [4.69, 9.17) is 0 Å². The summed E-state index contributed by atoms with van der Waals surface area (Å²) in [5.74, 6) is -0.865. The van der Waals surface area contributed by atoms with E-state index < -0.39 is 35.2 Å². The third-order valence-electron chi connectivity index (χ3n) is 2.98. The Morgan fingerprint density at radius 1 is 1.43 bits per heavy atom. The second kappa shape index (κ2) is 6.55. The molecular weight excluding hydrogens is 289 g/mol. The van der Waals surface area contributed by atoms with Gasteiger partial charge in [0.25, 0.3) is 11.6 Å². The maximum absolute atomic E-state index is 12.4. The summed E-state index contributed by atoms with van der Waals surface area (Å²) in [5.41, 5.74) is -0.291. The number of halogens is 3. The summed E-state index contributed by atoms with van der Waals surface area (Å²) in [7, 11) is 0. The van der Waals surface area contributed by atoms with Crippen molar-refractivity contribution in [1.29, 1.82) is 0 Å². The lowest BCUT2D eigenvalue weighted by Crippen LogP contribution is -2.38. The number of carbonyl (C=O) groups is 1. The van der Waals surface area contributed by atoms with Crippen molar-refractivity contribution >= 4 is 11.6 Å². The summed E-state index contributed by atoms with van der Waals surface area (Å²) in [6.07, 6.45) is -5.51. The van der Waals surface area contributed by atoms with Gasteiger partial charge in [-0.3, -0.25) is 14.9 Å². The molecular formula is C13H15F3N2O3. The molecule has 1 N–H and O–H groups in total. The largest absolute Gasteiger partial charge is 0.391 e. The SMILES string of the molecule is CCC(CC(F)(F)F)NC(=O)c1c(C)cccc1[N+](=O)[O-]. The van der Waals surface area contributed by atoms with Crippen molar-refractivity contribution < 1.29 is 22.9 Å². The van der Waals surface area contributed by atoms with Gasteiger partial charge in [-0.1, -0.05) is 19.1 Å². The minimum absolute atomic E-state index is 0.0743. The molecule has 0 bridgehead atoms. The lowest BCUT2D eigenvalue weighted by atomic mass is 10.0. The molecule has 5 nitrogen and oxygen atoms in total. The maximum atomic E-state index is 12.4. The van der Waals surface area contributed by atoms with Crippen LogP contribution in [0, 0.1) is 17.0 Å². The number of amides is 1. The molecule has 0 aliphatic rings. The summed E-state index contributed by atoms with van der Waals surface area (Å²) < 4.78 is 37.1. The van der Waals surface area contributed by atoms with Crippen LogP contribution in [0.25, 0.3) is 0 Å². The van der Waals surface area contributed by atoms with Crippen molar-refractivity contribution in [1.82, 2.24) is 5.32 Å². The molecule has 1 atom stereocenters. The highest BCUT2D eigenvalue weighted by atomic mass is 19.4. The summed E-state index contributed by atoms with van der Waals surface area (Å²) in [6, 6.07) is 2.94. The molecule has 0 aliphatic carbocycles. The number of nitrogens with zero attached hydrogens (tertiary/aromatic N) is 1. The molecule has 0 aromatic heterocycles. The molecule has 0 fully saturated rings. The van der Waals surface area contributed by atoms with Crippen LogP contribution in [-0.2, 0) is 0 Å². The van der Waals surface area contributed by atoms with Crippen molar-refractivity contribution in [3.63, 3.8) is 0 Å². The van der Waals surface area contributed by atoms with E-state index >= 15 is 0 Å². The number of hydrogen-bond acceptors (Lipinski definition) is 3. The van der Waals surface area contributed by atoms with Crippen LogP contribution in [-0.4, -0.2) is 23.0 Å². The van der Waals surface area contributed by atoms with Gasteiger partial charge in [0.2, 0.25) is 0 Å². The van der Waals surface area contributed by atoms with Gasteiger partial charge in [0, 0.05) is 12.1 Å². The average molecular weight is 304 g/mol. The molecule has 116 valence electrons. The van der Waals surface area contributed by atoms with Crippen LogP contribution in [0.5, 0.6) is 0 Å². The van der Waals surface area contributed by atoms with Crippen LogP contribution in [0.4, 0.5) is 18.9 Å². The highest BCUT2D eigenvalue weighted by molar-refractivity contribution is 5.99. The quantitative estimate of drug-likeness (QED) is 0.669. The first-order valence-electron chi connectivity index (χ1n) is 6.27. The predicted molar refractivity (Wildman–Crippen MR) is 70.1 cm³/mol. The molecule has 1 aromatic rings. The molecule has 0 heterocycles. The number of rotatable bonds is 5. The van der Waals surface area contributed by atoms with Gasteiger partial charge >= 0.3 is 6.18 Å². The van der Waals surface area contributed by atoms with E-state index in [2.05, 4.69) is 5.32 Å². The number of nitrogens with one attached hydrogen (secondary N) is 1. The molecule has 1 rings (SSSR count). The number of nitro benzene ring substituents is 1. The predicted octanol–water partition coefficient (Wildman–Crippen LogP) is 3.36. The van der Waals surface area contributed by atoms with Gasteiger partial charge in [0.1, 0.15) is 5.56 Å². The zero-order chi connectivity index (χ0) is 16.2. The van der Waals surface area contributed by atoms with Crippen molar-refractivity contribution in [2.75, 3.05) is 0 Å². The van der Waals surface area contributed by atoms with E-state index in [-0.39, 0.29) is 12.0 Å². The maximum Gasteiger partial charge on any atom is 0.391 e. The molecule has 1 aromatic carbocycles. The Hall–Kier alpha value is -2.12. The van der Waals surface area contributed by atoms with E-state index in [0.29, 0.717) is 5.56 Å². The Labute approximate surface area is 119 Å². The van der Waals surface area contributed by atoms with Crippen molar-refractivity contribution in [2.45, 2.75) is 38.9 Å². The molecule has 8 heteroatoms. The van der Waals surface area contributed by atoms with Crippen LogP contribution in [0.15, 0.2) is 18.2 Å². The van der Waals surface area contributed by atoms with E-state index in [1.807, 2.05) is 0 Å². The molecule has 0 radical (unpaired) electrons. The van der Waals surface area contributed by atoms with Gasteiger partial charge in [-0.2, -0.15) is 13.2 Å². The summed E-state index contributed by atoms with van der Waals surface area (Å²) in [4.78, 5) is 22.2. The lowest BCUT2D eigenvalue weighted by Gasteiger charge is -2.19. The lowest BCUT2D eigenvalue weighted by molar-refractivity contribution is -0.385. The zero-order valence-electron chi connectivity index (χ0n) is 11.5. The number of aryl methyl sites for hydroxylation is 1. The van der Waals surface area contributed by atoms with Crippen LogP contribution < -0.4 is 5.32 Å². The van der Waals surface area contributed by atoms with E-state index in [9.17, 15) is 28.1 Å². The fraction of sp³-hybridized carbons (Fsp3) is 0.462. The number of benzene rings is 1. The average Bonchev–Trinajstić information content (AvgIpc) is 2.35. The normalized spacial score (nSPS) is 12.8. The first-order chi connectivity index (χ1) is 9.65. The van der Waals surface area contributed by atoms with Gasteiger partial charge in [0.15, 0.2) is 0 Å². The number of nitro groups is 1. The zero-order valence-corrected chi connectivity index (χ0v) is 11.5. The number of carbonyl (C=O) groups excluding carboxylic acids is 1. The first-order valence-corrected chi connectivity index (χ1v) is 6.27. The summed E-state index contributed by atoms with van der Waals surface area (Å²) in [6.45, 7) is 3.00. The Balaban J connectivity index is 3.01. The number of alkyl halides is 3. The third-order valence-corrected chi connectivity index (χ3v) is 2.98. The first kappa shape index (κ1) is 16.9. The highest BCUT2D eigenvalue weighted by Crippen LogP contribution is 2.25. The molecule has 21 heavy (non-hydrogen) atoms. The van der Waals surface area contributed by atoms with E-state index in [1.165, 1.54) is 26.0 Å². The second-order valence-corrected chi connectivity index (χ2v) is 4.62.